The maximum Gasteiger partial charge on any atom is 0.249 e. The lowest BCUT2D eigenvalue weighted by atomic mass is 10.0. The van der Waals surface area contributed by atoms with E-state index in [9.17, 15) is 9.18 Å². The predicted octanol–water partition coefficient (Wildman–Crippen LogP) is 2.44. The Bertz CT molecular complexity index is 697. The van der Waals surface area contributed by atoms with Gasteiger partial charge in [0.1, 0.15) is 11.9 Å². The second kappa shape index (κ2) is 7.53. The van der Waals surface area contributed by atoms with E-state index in [0.29, 0.717) is 29.6 Å². The zero-order valence-corrected chi connectivity index (χ0v) is 13.6. The topological polar surface area (TPSA) is 80.0 Å². The van der Waals surface area contributed by atoms with Gasteiger partial charge in [0, 0.05) is 12.0 Å². The second-order valence-corrected chi connectivity index (χ2v) is 6.15. The Hall–Kier alpha value is -2.28. The van der Waals surface area contributed by atoms with Crippen LogP contribution in [0, 0.1) is 11.7 Å². The van der Waals surface area contributed by atoms with Crippen LogP contribution < -0.4 is 10.6 Å². The summed E-state index contributed by atoms with van der Waals surface area (Å²) in [7, 11) is 0. The van der Waals surface area contributed by atoms with Gasteiger partial charge in [-0.25, -0.2) is 4.39 Å². The van der Waals surface area contributed by atoms with Crippen LogP contribution in [0.1, 0.15) is 38.1 Å². The van der Waals surface area contributed by atoms with Crippen LogP contribution in [0.15, 0.2) is 28.8 Å². The molecule has 2 atom stereocenters. The van der Waals surface area contributed by atoms with Gasteiger partial charge in [-0.2, -0.15) is 4.98 Å². The predicted molar refractivity (Wildman–Crippen MR) is 86.5 cm³/mol. The van der Waals surface area contributed by atoms with E-state index in [-0.39, 0.29) is 17.8 Å². The van der Waals surface area contributed by atoms with Crippen molar-refractivity contribution in [2.75, 3.05) is 13.1 Å². The standard InChI is InChI=1S/C17H21FN4O2/c1-11(20-15(23)6-5-12-7-8-19-10-12)17-21-16(22-24-17)13-3-2-4-14(18)9-13/h2-4,9,11-12,19H,5-8,10H2,1H3,(H,20,23). The molecular formula is C17H21FN4O2. The monoisotopic (exact) mass is 332 g/mol. The summed E-state index contributed by atoms with van der Waals surface area (Å²) >= 11 is 0. The zero-order valence-electron chi connectivity index (χ0n) is 13.6. The van der Waals surface area contributed by atoms with Crippen LogP contribution in [0.5, 0.6) is 0 Å². The fourth-order valence-corrected chi connectivity index (χ4v) is 2.83. The first-order valence-electron chi connectivity index (χ1n) is 8.21. The van der Waals surface area contributed by atoms with E-state index >= 15 is 0 Å². The largest absolute Gasteiger partial charge is 0.345 e. The van der Waals surface area contributed by atoms with Gasteiger partial charge < -0.3 is 15.2 Å². The molecule has 0 bridgehead atoms. The van der Waals surface area contributed by atoms with Crippen molar-refractivity contribution in [3.8, 4) is 11.4 Å². The molecule has 3 rings (SSSR count). The molecule has 2 heterocycles. The lowest BCUT2D eigenvalue weighted by Crippen LogP contribution is -2.27. The number of nitrogens with zero attached hydrogens (tertiary/aromatic N) is 2. The summed E-state index contributed by atoms with van der Waals surface area (Å²) in [5, 5.41) is 10.0. The van der Waals surface area contributed by atoms with Crippen molar-refractivity contribution in [1.82, 2.24) is 20.8 Å². The third-order valence-corrected chi connectivity index (χ3v) is 4.21. The Morgan fingerprint density at radius 1 is 1.54 bits per heavy atom. The molecule has 1 aliphatic heterocycles. The molecule has 6 nitrogen and oxygen atoms in total. The summed E-state index contributed by atoms with van der Waals surface area (Å²) in [5.74, 6) is 0.809. The molecule has 0 aliphatic carbocycles. The normalized spacial score (nSPS) is 18.5. The number of carbonyl (C=O) groups excluding carboxylic acids is 1. The first kappa shape index (κ1) is 16.6. The molecule has 1 fully saturated rings. The SMILES string of the molecule is CC(NC(=O)CCC1CCNC1)c1nc(-c2cccc(F)c2)no1. The molecule has 1 aromatic carbocycles. The highest BCUT2D eigenvalue weighted by Gasteiger charge is 2.19. The average molecular weight is 332 g/mol. The fourth-order valence-electron chi connectivity index (χ4n) is 2.83. The Kier molecular flexibility index (Phi) is 5.20. The average Bonchev–Trinajstić information content (AvgIpc) is 3.24. The van der Waals surface area contributed by atoms with E-state index in [4.69, 9.17) is 4.52 Å². The van der Waals surface area contributed by atoms with Crippen LogP contribution in [-0.2, 0) is 4.79 Å². The minimum atomic E-state index is -0.381. The molecule has 2 unspecified atom stereocenters. The van der Waals surface area contributed by atoms with Crippen molar-refractivity contribution >= 4 is 5.91 Å². The number of carbonyl (C=O) groups is 1. The summed E-state index contributed by atoms with van der Waals surface area (Å²) in [6, 6.07) is 5.61. The number of nitrogens with one attached hydrogen (secondary N) is 2. The molecule has 0 saturated carbocycles. The Morgan fingerprint density at radius 2 is 2.42 bits per heavy atom. The Labute approximate surface area is 139 Å². The van der Waals surface area contributed by atoms with Crippen molar-refractivity contribution in [3.63, 3.8) is 0 Å². The summed E-state index contributed by atoms with van der Waals surface area (Å²) in [5.41, 5.74) is 0.539. The number of aromatic nitrogens is 2. The van der Waals surface area contributed by atoms with Gasteiger partial charge in [0.15, 0.2) is 0 Å². The summed E-state index contributed by atoms with van der Waals surface area (Å²) in [6.45, 7) is 3.81. The van der Waals surface area contributed by atoms with E-state index in [0.717, 1.165) is 25.9 Å². The molecule has 24 heavy (non-hydrogen) atoms. The minimum Gasteiger partial charge on any atom is -0.345 e. The number of amides is 1. The number of benzene rings is 1. The lowest BCUT2D eigenvalue weighted by molar-refractivity contribution is -0.122. The highest BCUT2D eigenvalue weighted by atomic mass is 19.1. The fraction of sp³-hybridized carbons (Fsp3) is 0.471. The van der Waals surface area contributed by atoms with Gasteiger partial charge in [-0.1, -0.05) is 17.3 Å². The minimum absolute atomic E-state index is 0.0279. The Morgan fingerprint density at radius 3 is 3.17 bits per heavy atom. The van der Waals surface area contributed by atoms with Crippen LogP contribution in [-0.4, -0.2) is 29.1 Å². The van der Waals surface area contributed by atoms with Crippen molar-refractivity contribution in [2.45, 2.75) is 32.2 Å². The van der Waals surface area contributed by atoms with Crippen molar-refractivity contribution in [2.24, 2.45) is 5.92 Å². The molecule has 128 valence electrons. The molecular weight excluding hydrogens is 311 g/mol. The maximum absolute atomic E-state index is 13.3. The first-order valence-corrected chi connectivity index (χ1v) is 8.21. The van der Waals surface area contributed by atoms with Gasteiger partial charge in [0.25, 0.3) is 0 Å². The van der Waals surface area contributed by atoms with E-state index in [1.165, 1.54) is 12.1 Å². The van der Waals surface area contributed by atoms with Crippen LogP contribution in [0.3, 0.4) is 0 Å². The van der Waals surface area contributed by atoms with Crippen LogP contribution in [0.2, 0.25) is 0 Å². The molecule has 1 amide bonds. The first-order chi connectivity index (χ1) is 11.6. The van der Waals surface area contributed by atoms with Crippen molar-refractivity contribution < 1.29 is 13.7 Å². The van der Waals surface area contributed by atoms with Crippen LogP contribution >= 0.6 is 0 Å². The molecule has 2 aromatic rings. The summed E-state index contributed by atoms with van der Waals surface area (Å²) < 4.78 is 18.4. The number of hydrogen-bond donors (Lipinski definition) is 2. The number of rotatable bonds is 6. The lowest BCUT2D eigenvalue weighted by Gasteiger charge is -2.11. The third-order valence-electron chi connectivity index (χ3n) is 4.21. The summed E-state index contributed by atoms with van der Waals surface area (Å²) in [6.07, 6.45) is 2.50. The van der Waals surface area contributed by atoms with Gasteiger partial charge in [-0.05, 0) is 50.9 Å². The smallest absolute Gasteiger partial charge is 0.249 e. The molecule has 1 aromatic heterocycles. The molecule has 0 spiro atoms. The molecule has 0 radical (unpaired) electrons. The van der Waals surface area contributed by atoms with Crippen LogP contribution in [0.25, 0.3) is 11.4 Å². The van der Waals surface area contributed by atoms with E-state index in [1.807, 2.05) is 0 Å². The van der Waals surface area contributed by atoms with Gasteiger partial charge in [0.05, 0.1) is 0 Å². The summed E-state index contributed by atoms with van der Waals surface area (Å²) in [4.78, 5) is 16.3. The highest BCUT2D eigenvalue weighted by Crippen LogP contribution is 2.20. The highest BCUT2D eigenvalue weighted by molar-refractivity contribution is 5.76. The van der Waals surface area contributed by atoms with Crippen molar-refractivity contribution in [3.05, 3.63) is 36.0 Å². The van der Waals surface area contributed by atoms with E-state index in [2.05, 4.69) is 20.8 Å². The van der Waals surface area contributed by atoms with Gasteiger partial charge in [0.2, 0.25) is 17.6 Å². The quantitative estimate of drug-likeness (QED) is 0.849. The molecule has 7 heteroatoms. The third kappa shape index (κ3) is 4.17. The zero-order chi connectivity index (χ0) is 16.9. The van der Waals surface area contributed by atoms with E-state index < -0.39 is 0 Å². The van der Waals surface area contributed by atoms with Gasteiger partial charge in [-0.15, -0.1) is 0 Å². The second-order valence-electron chi connectivity index (χ2n) is 6.15. The van der Waals surface area contributed by atoms with Crippen molar-refractivity contribution in [1.29, 1.82) is 0 Å². The van der Waals surface area contributed by atoms with Gasteiger partial charge in [-0.3, -0.25) is 4.79 Å². The molecule has 2 N–H and O–H groups in total. The van der Waals surface area contributed by atoms with Gasteiger partial charge >= 0.3 is 0 Å². The van der Waals surface area contributed by atoms with E-state index in [1.54, 1.807) is 19.1 Å². The Balaban J connectivity index is 1.55. The molecule has 1 aliphatic rings. The number of hydrogen-bond acceptors (Lipinski definition) is 5. The van der Waals surface area contributed by atoms with Crippen LogP contribution in [0.4, 0.5) is 4.39 Å². The number of halogens is 1. The maximum atomic E-state index is 13.3. The molecule has 1 saturated heterocycles.